The lowest BCUT2D eigenvalue weighted by Crippen LogP contribution is -2.45. The predicted octanol–water partition coefficient (Wildman–Crippen LogP) is 3.43. The molecule has 5 rings (SSSR count). The fourth-order valence-electron chi connectivity index (χ4n) is 5.15. The summed E-state index contributed by atoms with van der Waals surface area (Å²) in [5, 5.41) is 0. The van der Waals surface area contributed by atoms with Crippen molar-refractivity contribution in [3.8, 4) is 5.75 Å². The second kappa shape index (κ2) is 13.4. The van der Waals surface area contributed by atoms with Crippen molar-refractivity contribution in [2.24, 2.45) is 5.73 Å². The predicted molar refractivity (Wildman–Crippen MR) is 152 cm³/mol. The SMILES string of the molecule is NC(=O)C(CCC(=O)OCc1ccccc1)N1Cc2c(OCc3ccc(CN4CCOCC4)cc3)cccc2C1=O. The molecule has 0 aliphatic carbocycles. The molecule has 3 aromatic carbocycles. The van der Waals surface area contributed by atoms with Crippen LogP contribution < -0.4 is 10.5 Å². The van der Waals surface area contributed by atoms with Gasteiger partial charge in [0, 0.05) is 37.2 Å². The number of carbonyl (C=O) groups excluding carboxylic acids is 3. The van der Waals surface area contributed by atoms with Gasteiger partial charge in [0.1, 0.15) is 25.0 Å². The van der Waals surface area contributed by atoms with Crippen LogP contribution in [0.15, 0.2) is 72.8 Å². The molecule has 9 heteroatoms. The number of nitrogens with two attached hydrogens (primary N) is 1. The Labute approximate surface area is 239 Å². The molecule has 0 aromatic heterocycles. The molecule has 2 aliphatic heterocycles. The average molecular weight is 558 g/mol. The maximum Gasteiger partial charge on any atom is 0.306 e. The third kappa shape index (κ3) is 7.31. The Morgan fingerprint density at radius 1 is 0.878 bits per heavy atom. The van der Waals surface area contributed by atoms with E-state index in [2.05, 4.69) is 29.2 Å². The van der Waals surface area contributed by atoms with Gasteiger partial charge in [0.05, 0.1) is 19.8 Å². The molecule has 0 bridgehead atoms. The van der Waals surface area contributed by atoms with Crippen molar-refractivity contribution in [3.05, 3.63) is 101 Å². The van der Waals surface area contributed by atoms with E-state index in [1.807, 2.05) is 36.4 Å². The summed E-state index contributed by atoms with van der Waals surface area (Å²) >= 11 is 0. The third-order valence-corrected chi connectivity index (χ3v) is 7.45. The van der Waals surface area contributed by atoms with Gasteiger partial charge in [-0.15, -0.1) is 0 Å². The zero-order valence-electron chi connectivity index (χ0n) is 23.0. The Hall–Kier alpha value is -4.21. The minimum atomic E-state index is -0.939. The summed E-state index contributed by atoms with van der Waals surface area (Å²) in [5.74, 6) is -0.841. The summed E-state index contributed by atoms with van der Waals surface area (Å²) in [6.07, 6.45) is 0.0428. The zero-order chi connectivity index (χ0) is 28.6. The molecule has 1 atom stereocenters. The molecular weight excluding hydrogens is 522 g/mol. The quantitative estimate of drug-likeness (QED) is 0.340. The standard InChI is InChI=1S/C32H35N3O6/c33-31(37)28(13-14-30(36)41-22-24-5-2-1-3-6-24)35-20-27-26(32(35)38)7-4-8-29(27)40-21-25-11-9-23(10-12-25)19-34-15-17-39-18-16-34/h1-12,28H,13-22H2,(H2,33,37). The van der Waals surface area contributed by atoms with Crippen molar-refractivity contribution >= 4 is 17.8 Å². The number of carbonyl (C=O) groups is 3. The molecule has 9 nitrogen and oxygen atoms in total. The highest BCUT2D eigenvalue weighted by Gasteiger charge is 2.37. The molecule has 2 amide bonds. The molecule has 3 aromatic rings. The highest BCUT2D eigenvalue weighted by Crippen LogP contribution is 2.33. The fraction of sp³-hybridized carbons (Fsp3) is 0.344. The van der Waals surface area contributed by atoms with Crippen LogP contribution >= 0.6 is 0 Å². The van der Waals surface area contributed by atoms with Gasteiger partial charge in [-0.3, -0.25) is 19.3 Å². The number of morpholine rings is 1. The zero-order valence-corrected chi connectivity index (χ0v) is 23.0. The first kappa shape index (κ1) is 28.3. The van der Waals surface area contributed by atoms with E-state index in [9.17, 15) is 14.4 Å². The van der Waals surface area contributed by atoms with E-state index in [1.54, 1.807) is 12.1 Å². The molecule has 0 saturated carbocycles. The van der Waals surface area contributed by atoms with Crippen molar-refractivity contribution in [2.45, 2.75) is 45.2 Å². The van der Waals surface area contributed by atoms with E-state index in [-0.39, 0.29) is 31.9 Å². The lowest BCUT2D eigenvalue weighted by Gasteiger charge is -2.26. The highest BCUT2D eigenvalue weighted by atomic mass is 16.5. The van der Waals surface area contributed by atoms with Crippen LogP contribution in [0.4, 0.5) is 0 Å². The number of rotatable bonds is 12. The molecule has 1 fully saturated rings. The monoisotopic (exact) mass is 557 g/mol. The number of primary amides is 1. The van der Waals surface area contributed by atoms with Gasteiger partial charge in [0.2, 0.25) is 5.91 Å². The van der Waals surface area contributed by atoms with Gasteiger partial charge >= 0.3 is 5.97 Å². The van der Waals surface area contributed by atoms with Crippen LogP contribution in [0.1, 0.15) is 45.5 Å². The van der Waals surface area contributed by atoms with Crippen molar-refractivity contribution in [1.82, 2.24) is 9.80 Å². The van der Waals surface area contributed by atoms with Crippen LogP contribution in [-0.4, -0.2) is 59.9 Å². The Kier molecular flexibility index (Phi) is 9.28. The topological polar surface area (TPSA) is 111 Å². The number of hydrogen-bond acceptors (Lipinski definition) is 7. The van der Waals surface area contributed by atoms with Gasteiger partial charge in [-0.05, 0) is 35.2 Å². The lowest BCUT2D eigenvalue weighted by atomic mass is 10.1. The van der Waals surface area contributed by atoms with Crippen molar-refractivity contribution in [3.63, 3.8) is 0 Å². The first-order valence-corrected chi connectivity index (χ1v) is 13.9. The summed E-state index contributed by atoms with van der Waals surface area (Å²) in [7, 11) is 0. The third-order valence-electron chi connectivity index (χ3n) is 7.45. The maximum absolute atomic E-state index is 13.3. The van der Waals surface area contributed by atoms with Crippen LogP contribution in [0, 0.1) is 0 Å². The Morgan fingerprint density at radius 2 is 1.59 bits per heavy atom. The molecular formula is C32H35N3O6. The molecule has 0 spiro atoms. The largest absolute Gasteiger partial charge is 0.489 e. The Morgan fingerprint density at radius 3 is 2.32 bits per heavy atom. The lowest BCUT2D eigenvalue weighted by molar-refractivity contribution is -0.145. The van der Waals surface area contributed by atoms with Crippen molar-refractivity contribution < 1.29 is 28.6 Å². The second-order valence-electron chi connectivity index (χ2n) is 10.3. The summed E-state index contributed by atoms with van der Waals surface area (Å²) in [5.41, 5.74) is 9.98. The van der Waals surface area contributed by atoms with E-state index in [0.29, 0.717) is 23.5 Å². The number of nitrogens with zero attached hydrogens (tertiary/aromatic N) is 2. The second-order valence-corrected chi connectivity index (χ2v) is 10.3. The fourth-order valence-corrected chi connectivity index (χ4v) is 5.15. The van der Waals surface area contributed by atoms with Gasteiger partial charge < -0.3 is 24.8 Å². The Bertz CT molecular complexity index is 1360. The van der Waals surface area contributed by atoms with Crippen LogP contribution in [0.2, 0.25) is 0 Å². The van der Waals surface area contributed by atoms with Gasteiger partial charge in [-0.25, -0.2) is 0 Å². The molecule has 0 radical (unpaired) electrons. The van der Waals surface area contributed by atoms with E-state index >= 15 is 0 Å². The maximum atomic E-state index is 13.3. The molecule has 41 heavy (non-hydrogen) atoms. The van der Waals surface area contributed by atoms with Crippen LogP contribution in [0.5, 0.6) is 5.75 Å². The number of hydrogen-bond donors (Lipinski definition) is 1. The summed E-state index contributed by atoms with van der Waals surface area (Å²) in [6.45, 7) is 4.98. The van der Waals surface area contributed by atoms with E-state index in [4.69, 9.17) is 19.9 Å². The molecule has 2 aliphatic rings. The van der Waals surface area contributed by atoms with E-state index in [0.717, 1.165) is 44.0 Å². The first-order chi connectivity index (χ1) is 20.0. The number of ether oxygens (including phenoxy) is 3. The van der Waals surface area contributed by atoms with Gasteiger partial charge in [-0.1, -0.05) is 60.7 Å². The molecule has 2 heterocycles. The van der Waals surface area contributed by atoms with Gasteiger partial charge in [0.25, 0.3) is 5.91 Å². The van der Waals surface area contributed by atoms with E-state index in [1.165, 1.54) is 10.5 Å². The first-order valence-electron chi connectivity index (χ1n) is 13.9. The minimum absolute atomic E-state index is 0.0363. The highest BCUT2D eigenvalue weighted by molar-refractivity contribution is 6.01. The summed E-state index contributed by atoms with van der Waals surface area (Å²) in [6, 6.07) is 22.0. The summed E-state index contributed by atoms with van der Waals surface area (Å²) < 4.78 is 16.9. The van der Waals surface area contributed by atoms with Crippen LogP contribution in [0.3, 0.4) is 0 Å². The van der Waals surface area contributed by atoms with Gasteiger partial charge in [0.15, 0.2) is 0 Å². The van der Waals surface area contributed by atoms with Gasteiger partial charge in [-0.2, -0.15) is 0 Å². The molecule has 1 unspecified atom stereocenters. The molecule has 214 valence electrons. The number of esters is 1. The summed E-state index contributed by atoms with van der Waals surface area (Å²) in [4.78, 5) is 41.8. The minimum Gasteiger partial charge on any atom is -0.489 e. The smallest absolute Gasteiger partial charge is 0.306 e. The molecule has 1 saturated heterocycles. The van der Waals surface area contributed by atoms with Crippen molar-refractivity contribution in [2.75, 3.05) is 26.3 Å². The average Bonchev–Trinajstić information content (AvgIpc) is 3.33. The van der Waals surface area contributed by atoms with Crippen LogP contribution in [0.25, 0.3) is 0 Å². The normalized spacial score (nSPS) is 15.8. The number of amides is 2. The van der Waals surface area contributed by atoms with Crippen molar-refractivity contribution in [1.29, 1.82) is 0 Å². The number of fused-ring (bicyclic) bond motifs is 1. The Balaban J connectivity index is 1.17. The van der Waals surface area contributed by atoms with Crippen LogP contribution in [-0.2, 0) is 45.4 Å². The molecule has 2 N–H and O–H groups in total. The number of benzene rings is 3. The van der Waals surface area contributed by atoms with E-state index < -0.39 is 17.9 Å².